The van der Waals surface area contributed by atoms with Crippen LogP contribution in [0.25, 0.3) is 0 Å². The van der Waals surface area contributed by atoms with Crippen LogP contribution in [0.5, 0.6) is 0 Å². The molecule has 18 heavy (non-hydrogen) atoms. The zero-order valence-electron chi connectivity index (χ0n) is 12.0. The molecule has 1 fully saturated rings. The average molecular weight is 267 g/mol. The highest BCUT2D eigenvalue weighted by Crippen LogP contribution is 2.19. The molecule has 0 amide bonds. The zero-order chi connectivity index (χ0) is 13.1. The van der Waals surface area contributed by atoms with Crippen molar-refractivity contribution in [3.63, 3.8) is 0 Å². The van der Waals surface area contributed by atoms with Crippen molar-refractivity contribution in [2.24, 2.45) is 5.92 Å². The molecule has 0 radical (unpaired) electrons. The van der Waals surface area contributed by atoms with Crippen LogP contribution in [0.1, 0.15) is 35.8 Å². The summed E-state index contributed by atoms with van der Waals surface area (Å²) in [4.78, 5) is 8.58. The molecule has 1 saturated heterocycles. The minimum Gasteiger partial charge on any atom is -0.312 e. The van der Waals surface area contributed by atoms with Gasteiger partial charge in [0.15, 0.2) is 0 Å². The van der Waals surface area contributed by atoms with Gasteiger partial charge in [0.25, 0.3) is 0 Å². The number of hydrogen-bond donors (Lipinski definition) is 1. The summed E-state index contributed by atoms with van der Waals surface area (Å²) in [6.07, 6.45) is 1.24. The molecule has 1 atom stereocenters. The highest BCUT2D eigenvalue weighted by Gasteiger charge is 2.21. The van der Waals surface area contributed by atoms with Crippen molar-refractivity contribution >= 4 is 11.3 Å². The fraction of sp³-hybridized carbons (Fsp3) is 0.786. The first-order chi connectivity index (χ1) is 8.56. The summed E-state index contributed by atoms with van der Waals surface area (Å²) in [5, 5.41) is 4.93. The highest BCUT2D eigenvalue weighted by atomic mass is 32.1. The molecule has 2 heterocycles. The van der Waals surface area contributed by atoms with E-state index < -0.39 is 0 Å². The maximum atomic E-state index is 4.66. The van der Waals surface area contributed by atoms with Gasteiger partial charge in [0.2, 0.25) is 0 Å². The van der Waals surface area contributed by atoms with Gasteiger partial charge in [-0.05, 0) is 39.3 Å². The molecule has 1 aliphatic heterocycles. The van der Waals surface area contributed by atoms with Crippen LogP contribution in [0.4, 0.5) is 0 Å². The topological polar surface area (TPSA) is 28.2 Å². The molecule has 1 aromatic rings. The molecule has 1 aromatic heterocycles. The Morgan fingerprint density at radius 1 is 1.44 bits per heavy atom. The van der Waals surface area contributed by atoms with Gasteiger partial charge in [-0.1, -0.05) is 13.8 Å². The third-order valence-corrected chi connectivity index (χ3v) is 4.81. The van der Waals surface area contributed by atoms with Gasteiger partial charge in [-0.15, -0.1) is 11.3 Å². The molecule has 3 nitrogen and oxygen atoms in total. The molecule has 1 aliphatic rings. The van der Waals surface area contributed by atoms with Crippen molar-refractivity contribution in [1.29, 1.82) is 0 Å². The van der Waals surface area contributed by atoms with Crippen molar-refractivity contribution in [3.05, 3.63) is 15.6 Å². The molecular weight excluding hydrogens is 242 g/mol. The second kappa shape index (κ2) is 6.13. The van der Waals surface area contributed by atoms with Gasteiger partial charge in [0, 0.05) is 17.5 Å². The Kier molecular flexibility index (Phi) is 4.76. The molecular formula is C14H25N3S. The third kappa shape index (κ3) is 3.53. The number of nitrogens with zero attached hydrogens (tertiary/aromatic N) is 2. The second-order valence-electron chi connectivity index (χ2n) is 5.64. The quantitative estimate of drug-likeness (QED) is 0.912. The Balaban J connectivity index is 1.98. The summed E-state index contributed by atoms with van der Waals surface area (Å²) in [5.74, 6) is 0.699. The van der Waals surface area contributed by atoms with Crippen LogP contribution in [0, 0.1) is 19.8 Å². The molecule has 1 unspecified atom stereocenters. The fourth-order valence-corrected chi connectivity index (χ4v) is 3.39. The Hall–Kier alpha value is -0.450. The van der Waals surface area contributed by atoms with Crippen LogP contribution in [0.2, 0.25) is 0 Å². The normalized spacial score (nSPS) is 22.4. The van der Waals surface area contributed by atoms with Crippen molar-refractivity contribution in [2.75, 3.05) is 19.6 Å². The van der Waals surface area contributed by atoms with E-state index in [1.807, 2.05) is 11.3 Å². The molecule has 1 N–H and O–H groups in total. The van der Waals surface area contributed by atoms with Crippen molar-refractivity contribution in [1.82, 2.24) is 15.2 Å². The molecule has 0 aromatic carbocycles. The predicted octanol–water partition coefficient (Wildman–Crippen LogP) is 2.58. The lowest BCUT2D eigenvalue weighted by molar-refractivity contribution is 0.238. The first kappa shape index (κ1) is 14.0. The van der Waals surface area contributed by atoms with Gasteiger partial charge in [-0.25, -0.2) is 4.98 Å². The summed E-state index contributed by atoms with van der Waals surface area (Å²) < 4.78 is 0. The standard InChI is InChI=1S/C14H25N3S/c1-10(2)13-8-17(7-5-6-15-13)9-14-16-11(3)12(4)18-14/h10,13,15H,5-9H2,1-4H3. The molecule has 0 saturated carbocycles. The Morgan fingerprint density at radius 3 is 2.83 bits per heavy atom. The number of thiazole rings is 1. The number of rotatable bonds is 3. The summed E-state index contributed by atoms with van der Waals surface area (Å²) in [6.45, 7) is 13.4. The maximum absolute atomic E-state index is 4.66. The van der Waals surface area contributed by atoms with E-state index in [0.717, 1.165) is 19.6 Å². The monoisotopic (exact) mass is 267 g/mol. The van der Waals surface area contributed by atoms with Crippen LogP contribution in [-0.2, 0) is 6.54 Å². The fourth-order valence-electron chi connectivity index (χ4n) is 2.41. The average Bonchev–Trinajstić information content (AvgIpc) is 2.54. The summed E-state index contributed by atoms with van der Waals surface area (Å²) >= 11 is 1.85. The first-order valence-electron chi connectivity index (χ1n) is 6.95. The lowest BCUT2D eigenvalue weighted by Crippen LogP contribution is -2.40. The van der Waals surface area contributed by atoms with E-state index in [0.29, 0.717) is 12.0 Å². The highest BCUT2D eigenvalue weighted by molar-refractivity contribution is 7.11. The van der Waals surface area contributed by atoms with E-state index in [-0.39, 0.29) is 0 Å². The molecule has 0 bridgehead atoms. The van der Waals surface area contributed by atoms with Crippen molar-refractivity contribution in [2.45, 2.75) is 46.7 Å². The van der Waals surface area contributed by atoms with Crippen molar-refractivity contribution in [3.8, 4) is 0 Å². The SMILES string of the molecule is Cc1nc(CN2CCCNC(C(C)C)C2)sc1C. The zero-order valence-corrected chi connectivity index (χ0v) is 12.8. The minimum atomic E-state index is 0.620. The number of aromatic nitrogens is 1. The van der Waals surface area contributed by atoms with Crippen LogP contribution < -0.4 is 5.32 Å². The predicted molar refractivity (Wildman–Crippen MR) is 78.1 cm³/mol. The third-order valence-electron chi connectivity index (χ3n) is 3.75. The number of hydrogen-bond acceptors (Lipinski definition) is 4. The molecule has 0 aliphatic carbocycles. The summed E-state index contributed by atoms with van der Waals surface area (Å²) in [5.41, 5.74) is 1.20. The van der Waals surface area contributed by atoms with Crippen LogP contribution in [-0.4, -0.2) is 35.6 Å². The van der Waals surface area contributed by atoms with Crippen LogP contribution in [0.3, 0.4) is 0 Å². The Labute approximate surface area is 115 Å². The Morgan fingerprint density at radius 2 is 2.22 bits per heavy atom. The molecule has 2 rings (SSSR count). The summed E-state index contributed by atoms with van der Waals surface area (Å²) in [6, 6.07) is 0.620. The van der Waals surface area contributed by atoms with Crippen LogP contribution >= 0.6 is 11.3 Å². The minimum absolute atomic E-state index is 0.620. The van der Waals surface area contributed by atoms with E-state index in [2.05, 4.69) is 42.9 Å². The van der Waals surface area contributed by atoms with Gasteiger partial charge >= 0.3 is 0 Å². The largest absolute Gasteiger partial charge is 0.312 e. The van der Waals surface area contributed by atoms with Crippen LogP contribution in [0.15, 0.2) is 0 Å². The maximum Gasteiger partial charge on any atom is 0.107 e. The van der Waals surface area contributed by atoms with Gasteiger partial charge in [0.05, 0.1) is 12.2 Å². The van der Waals surface area contributed by atoms with E-state index in [4.69, 9.17) is 0 Å². The van der Waals surface area contributed by atoms with E-state index in [9.17, 15) is 0 Å². The smallest absolute Gasteiger partial charge is 0.107 e. The molecule has 102 valence electrons. The summed E-state index contributed by atoms with van der Waals surface area (Å²) in [7, 11) is 0. The first-order valence-corrected chi connectivity index (χ1v) is 7.76. The van der Waals surface area contributed by atoms with Gasteiger partial charge < -0.3 is 5.32 Å². The lowest BCUT2D eigenvalue weighted by atomic mass is 10.0. The number of nitrogens with one attached hydrogen (secondary N) is 1. The van der Waals surface area contributed by atoms with Gasteiger partial charge in [-0.2, -0.15) is 0 Å². The van der Waals surface area contributed by atoms with Gasteiger partial charge in [0.1, 0.15) is 5.01 Å². The molecule has 0 spiro atoms. The second-order valence-corrected chi connectivity index (χ2v) is 6.93. The van der Waals surface area contributed by atoms with E-state index in [1.54, 1.807) is 0 Å². The lowest BCUT2D eigenvalue weighted by Gasteiger charge is -2.26. The van der Waals surface area contributed by atoms with Crippen molar-refractivity contribution < 1.29 is 0 Å². The van der Waals surface area contributed by atoms with E-state index in [1.165, 1.54) is 28.5 Å². The number of aryl methyl sites for hydroxylation is 2. The van der Waals surface area contributed by atoms with Gasteiger partial charge in [-0.3, -0.25) is 4.90 Å². The Bertz CT molecular complexity index is 367. The van der Waals surface area contributed by atoms with E-state index >= 15 is 0 Å². The molecule has 4 heteroatoms.